The molecule has 4 rings (SSSR count). The van der Waals surface area contributed by atoms with E-state index in [1.165, 1.54) is 54.6 Å². The van der Waals surface area contributed by atoms with E-state index < -0.39 is 27.5 Å². The van der Waals surface area contributed by atoms with E-state index in [4.69, 9.17) is 0 Å². The van der Waals surface area contributed by atoms with Crippen molar-refractivity contribution in [2.75, 3.05) is 0 Å². The number of hydrogen-bond acceptors (Lipinski definition) is 8. The Hall–Kier alpha value is -5.72. The highest BCUT2D eigenvalue weighted by Gasteiger charge is 2.19. The van der Waals surface area contributed by atoms with Crippen molar-refractivity contribution < 1.29 is 24.5 Å². The lowest BCUT2D eigenvalue weighted by Gasteiger charge is -2.07. The molecule has 13 heteroatoms. The molecule has 0 bridgehead atoms. The van der Waals surface area contributed by atoms with Gasteiger partial charge in [-0.15, -0.1) is 10.2 Å². The number of carbonyl (C=O) groups is 2. The number of amides is 2. The van der Waals surface area contributed by atoms with Crippen molar-refractivity contribution in [3.05, 3.63) is 109 Å². The van der Waals surface area contributed by atoms with Gasteiger partial charge in [0.2, 0.25) is 5.88 Å². The first-order valence-electron chi connectivity index (χ1n) is 10.9. The summed E-state index contributed by atoms with van der Waals surface area (Å²) in [5.74, 6) is -2.10. The van der Waals surface area contributed by atoms with E-state index in [-0.39, 0.29) is 33.7 Å². The molecule has 0 radical (unpaired) electrons. The number of aromatic nitrogens is 1. The van der Waals surface area contributed by atoms with Gasteiger partial charge in [0.1, 0.15) is 5.70 Å². The van der Waals surface area contributed by atoms with E-state index in [2.05, 4.69) is 20.5 Å². The van der Waals surface area contributed by atoms with Gasteiger partial charge in [-0.3, -0.25) is 29.8 Å². The molecule has 0 spiro atoms. The Morgan fingerprint density at radius 1 is 0.974 bits per heavy atom. The first kappa shape index (κ1) is 25.4. The second kappa shape index (κ2) is 10.5. The Morgan fingerprint density at radius 2 is 1.63 bits per heavy atom. The van der Waals surface area contributed by atoms with E-state index in [0.29, 0.717) is 16.6 Å². The SMILES string of the molecule is Cc1cc([N+](=O)[O-])cc2c(N=NC(=O)C(=Cc3ccc([N+](=O)[O-])cc3)NC(=O)c3ccccc3)c(O)[nH]c12. The molecular formula is C25H18N6O7. The lowest BCUT2D eigenvalue weighted by Crippen LogP contribution is -2.26. The minimum Gasteiger partial charge on any atom is -0.493 e. The summed E-state index contributed by atoms with van der Waals surface area (Å²) >= 11 is 0. The average molecular weight is 514 g/mol. The highest BCUT2D eigenvalue weighted by Crippen LogP contribution is 2.39. The van der Waals surface area contributed by atoms with Crippen LogP contribution in [0, 0.1) is 27.2 Å². The number of rotatable bonds is 7. The summed E-state index contributed by atoms with van der Waals surface area (Å²) < 4.78 is 0. The molecule has 4 aromatic rings. The molecule has 0 aliphatic heterocycles. The lowest BCUT2D eigenvalue weighted by molar-refractivity contribution is -0.385. The summed E-state index contributed by atoms with van der Waals surface area (Å²) in [4.78, 5) is 49.4. The smallest absolute Gasteiger partial charge is 0.311 e. The maximum Gasteiger partial charge on any atom is 0.311 e. The van der Waals surface area contributed by atoms with Crippen LogP contribution in [0.25, 0.3) is 17.0 Å². The molecule has 13 nitrogen and oxygen atoms in total. The van der Waals surface area contributed by atoms with E-state index >= 15 is 0 Å². The molecule has 1 aromatic heterocycles. The number of azo groups is 1. The van der Waals surface area contributed by atoms with E-state index in [0.717, 1.165) is 0 Å². The zero-order valence-electron chi connectivity index (χ0n) is 19.6. The molecule has 0 aliphatic carbocycles. The molecule has 0 unspecified atom stereocenters. The van der Waals surface area contributed by atoms with Gasteiger partial charge in [-0.25, -0.2) is 0 Å². The average Bonchev–Trinajstić information content (AvgIpc) is 3.23. The maximum absolute atomic E-state index is 13.0. The number of nitrogens with one attached hydrogen (secondary N) is 2. The fraction of sp³-hybridized carbons (Fsp3) is 0.0400. The molecule has 190 valence electrons. The molecule has 38 heavy (non-hydrogen) atoms. The summed E-state index contributed by atoms with van der Waals surface area (Å²) in [6, 6.07) is 15.8. The normalized spacial score (nSPS) is 11.6. The zero-order chi connectivity index (χ0) is 27.4. The highest BCUT2D eigenvalue weighted by atomic mass is 16.6. The third-order valence-electron chi connectivity index (χ3n) is 5.42. The Morgan fingerprint density at radius 3 is 2.26 bits per heavy atom. The third kappa shape index (κ3) is 5.41. The molecule has 3 aromatic carbocycles. The number of nitro benzene ring substituents is 2. The van der Waals surface area contributed by atoms with Crippen LogP contribution in [0.15, 0.2) is 82.7 Å². The fourth-order valence-corrected chi connectivity index (χ4v) is 3.58. The lowest BCUT2D eigenvalue weighted by atomic mass is 10.1. The van der Waals surface area contributed by atoms with Crippen LogP contribution < -0.4 is 5.32 Å². The number of fused-ring (bicyclic) bond motifs is 1. The molecule has 3 N–H and O–H groups in total. The van der Waals surface area contributed by atoms with Crippen LogP contribution in [0.3, 0.4) is 0 Å². The number of aryl methyl sites for hydroxylation is 1. The zero-order valence-corrected chi connectivity index (χ0v) is 19.6. The summed E-state index contributed by atoms with van der Waals surface area (Å²) in [6.45, 7) is 1.60. The molecule has 0 aliphatic rings. The van der Waals surface area contributed by atoms with Crippen molar-refractivity contribution in [2.45, 2.75) is 6.92 Å². The van der Waals surface area contributed by atoms with E-state index in [1.54, 1.807) is 25.1 Å². The van der Waals surface area contributed by atoms with Gasteiger partial charge >= 0.3 is 5.91 Å². The number of benzene rings is 3. The van der Waals surface area contributed by atoms with Crippen LogP contribution in [0.5, 0.6) is 5.88 Å². The van der Waals surface area contributed by atoms with Crippen molar-refractivity contribution >= 4 is 45.9 Å². The van der Waals surface area contributed by atoms with Crippen LogP contribution in [0.1, 0.15) is 21.5 Å². The van der Waals surface area contributed by atoms with Gasteiger partial charge in [0.05, 0.1) is 15.4 Å². The largest absolute Gasteiger partial charge is 0.493 e. The second-order valence-corrected chi connectivity index (χ2v) is 8.00. The number of nitro groups is 2. The molecule has 0 saturated heterocycles. The quantitative estimate of drug-likeness (QED) is 0.132. The second-order valence-electron chi connectivity index (χ2n) is 8.00. The van der Waals surface area contributed by atoms with E-state index in [1.807, 2.05) is 0 Å². The third-order valence-corrected chi connectivity index (χ3v) is 5.42. The first-order valence-corrected chi connectivity index (χ1v) is 10.9. The number of non-ortho nitro benzene ring substituents is 2. The molecule has 0 fully saturated rings. The van der Waals surface area contributed by atoms with Crippen molar-refractivity contribution in [3.63, 3.8) is 0 Å². The van der Waals surface area contributed by atoms with Gasteiger partial charge in [-0.05, 0) is 48.4 Å². The fourth-order valence-electron chi connectivity index (χ4n) is 3.58. The summed E-state index contributed by atoms with van der Waals surface area (Å²) in [5, 5.41) is 42.6. The van der Waals surface area contributed by atoms with Crippen LogP contribution in [0.2, 0.25) is 0 Å². The Balaban J connectivity index is 1.71. The number of hydrogen-bond donors (Lipinski definition) is 3. The van der Waals surface area contributed by atoms with Gasteiger partial charge in [-0.2, -0.15) is 0 Å². The summed E-state index contributed by atoms with van der Waals surface area (Å²) in [7, 11) is 0. The molecule has 0 saturated carbocycles. The van der Waals surface area contributed by atoms with Crippen LogP contribution in [-0.2, 0) is 4.79 Å². The van der Waals surface area contributed by atoms with Crippen LogP contribution >= 0.6 is 0 Å². The van der Waals surface area contributed by atoms with Gasteiger partial charge in [0.15, 0.2) is 5.69 Å². The van der Waals surface area contributed by atoms with Crippen LogP contribution in [-0.4, -0.2) is 31.8 Å². The number of aromatic hydroxyl groups is 1. The molecule has 1 heterocycles. The van der Waals surface area contributed by atoms with Crippen molar-refractivity contribution in [2.24, 2.45) is 10.2 Å². The number of nitrogens with zero attached hydrogens (tertiary/aromatic N) is 4. The Bertz CT molecular complexity index is 1640. The van der Waals surface area contributed by atoms with Crippen molar-refractivity contribution in [1.29, 1.82) is 0 Å². The molecule has 0 atom stereocenters. The van der Waals surface area contributed by atoms with Crippen molar-refractivity contribution in [1.82, 2.24) is 10.3 Å². The number of carbonyl (C=O) groups excluding carboxylic acids is 2. The minimum absolute atomic E-state index is 0.165. The van der Waals surface area contributed by atoms with Gasteiger partial charge < -0.3 is 15.4 Å². The number of H-pyrrole nitrogens is 1. The van der Waals surface area contributed by atoms with Crippen LogP contribution in [0.4, 0.5) is 17.1 Å². The number of aromatic amines is 1. The summed E-state index contributed by atoms with van der Waals surface area (Å²) in [6.07, 6.45) is 1.26. The monoisotopic (exact) mass is 514 g/mol. The minimum atomic E-state index is -1.01. The predicted octanol–water partition coefficient (Wildman–Crippen LogP) is 5.08. The topological polar surface area (TPSA) is 193 Å². The molecule has 2 amide bonds. The van der Waals surface area contributed by atoms with Crippen molar-refractivity contribution in [3.8, 4) is 5.88 Å². The van der Waals surface area contributed by atoms with Gasteiger partial charge in [0, 0.05) is 35.2 Å². The Labute approximate surface area is 213 Å². The standard InChI is InChI=1S/C25H18N6O7/c1-14-11-18(31(37)38)13-19-21(14)27-25(34)22(19)28-29-24(33)20(26-23(32)16-5-3-2-4-6-16)12-15-7-9-17(10-8-15)30(35)36/h2-13,27,34H,1H3,(H,26,32). The predicted molar refractivity (Wildman–Crippen MR) is 136 cm³/mol. The highest BCUT2D eigenvalue weighted by molar-refractivity contribution is 6.06. The van der Waals surface area contributed by atoms with E-state index in [9.17, 15) is 34.9 Å². The maximum atomic E-state index is 13.0. The van der Waals surface area contributed by atoms with Gasteiger partial charge in [-0.1, -0.05) is 18.2 Å². The Kier molecular flexibility index (Phi) is 7.01. The van der Waals surface area contributed by atoms with Gasteiger partial charge in [0.25, 0.3) is 17.3 Å². The molecular weight excluding hydrogens is 496 g/mol. The summed E-state index contributed by atoms with van der Waals surface area (Å²) in [5.41, 5.74) is 0.516. The first-order chi connectivity index (χ1) is 18.1.